The molecule has 2 heterocycles. The van der Waals surface area contributed by atoms with Crippen molar-refractivity contribution in [3.63, 3.8) is 0 Å². The minimum Gasteiger partial charge on any atom is -0.495 e. The van der Waals surface area contributed by atoms with Crippen molar-refractivity contribution in [1.29, 1.82) is 0 Å². The molecule has 1 amide bonds. The number of benzene rings is 2. The number of esters is 1. The van der Waals surface area contributed by atoms with Gasteiger partial charge < -0.3 is 19.2 Å². The van der Waals surface area contributed by atoms with Gasteiger partial charge in [0.05, 0.1) is 31.9 Å². The van der Waals surface area contributed by atoms with Gasteiger partial charge in [0.1, 0.15) is 16.9 Å². The second kappa shape index (κ2) is 8.75. The first-order valence-electron chi connectivity index (χ1n) is 10.3. The number of hydrogen-bond donors (Lipinski definition) is 1. The first-order valence-corrected chi connectivity index (χ1v) is 10.3. The van der Waals surface area contributed by atoms with E-state index in [0.717, 1.165) is 35.7 Å². The van der Waals surface area contributed by atoms with Crippen LogP contribution in [0.15, 0.2) is 40.8 Å². The van der Waals surface area contributed by atoms with Gasteiger partial charge in [0.25, 0.3) is 0 Å². The largest absolute Gasteiger partial charge is 0.495 e. The van der Waals surface area contributed by atoms with E-state index in [1.165, 1.54) is 0 Å². The van der Waals surface area contributed by atoms with E-state index in [2.05, 4.69) is 5.32 Å². The highest BCUT2D eigenvalue weighted by Gasteiger charge is 2.28. The number of nitrogens with one attached hydrogen (secondary N) is 1. The number of rotatable bonds is 6. The lowest BCUT2D eigenvalue weighted by Gasteiger charge is -2.30. The number of nitrogens with zero attached hydrogens (tertiary/aromatic N) is 1. The Balaban J connectivity index is 1.48. The molecule has 0 radical (unpaired) electrons. The zero-order chi connectivity index (χ0) is 21.1. The van der Waals surface area contributed by atoms with Crippen LogP contribution in [0.5, 0.6) is 5.75 Å². The molecule has 0 unspecified atom stereocenters. The number of anilines is 1. The lowest BCUT2D eigenvalue weighted by atomic mass is 9.98. The minimum absolute atomic E-state index is 0.159. The van der Waals surface area contributed by atoms with E-state index in [4.69, 9.17) is 13.9 Å². The fourth-order valence-corrected chi connectivity index (χ4v) is 4.06. The van der Waals surface area contributed by atoms with Gasteiger partial charge in [-0.15, -0.1) is 0 Å². The number of fused-ring (bicyclic) bond motifs is 3. The summed E-state index contributed by atoms with van der Waals surface area (Å²) in [6.07, 6.45) is 1.67. The molecule has 30 heavy (non-hydrogen) atoms. The van der Waals surface area contributed by atoms with Gasteiger partial charge in [-0.1, -0.05) is 18.2 Å². The number of amides is 1. The maximum absolute atomic E-state index is 12.7. The maximum Gasteiger partial charge on any atom is 0.310 e. The number of hydrogen-bond acceptors (Lipinski definition) is 6. The monoisotopic (exact) mass is 410 g/mol. The number of ether oxygens (including phenoxy) is 2. The van der Waals surface area contributed by atoms with Gasteiger partial charge in [0.15, 0.2) is 0 Å². The number of likely N-dealkylation sites (tertiary alicyclic amines) is 1. The standard InChI is InChI=1S/C23H26N2O5/c1-3-29-23(27)15-7-6-10-25(13-15)14-22(26)24-18-12-20-17(11-21(18)28-2)16-8-4-5-9-19(16)30-20/h4-5,8-9,11-12,15H,3,6-7,10,13-14H2,1-2H3,(H,24,26)/t15-/m0/s1. The van der Waals surface area contributed by atoms with Gasteiger partial charge in [0.2, 0.25) is 5.91 Å². The normalized spacial score (nSPS) is 17.2. The van der Waals surface area contributed by atoms with Crippen LogP contribution < -0.4 is 10.1 Å². The summed E-state index contributed by atoms with van der Waals surface area (Å²) in [5.41, 5.74) is 2.04. The topological polar surface area (TPSA) is 81.0 Å². The molecule has 1 fully saturated rings. The Morgan fingerprint density at radius 1 is 1.20 bits per heavy atom. The van der Waals surface area contributed by atoms with E-state index < -0.39 is 0 Å². The average molecular weight is 410 g/mol. The quantitative estimate of drug-likeness (QED) is 0.623. The predicted octanol–water partition coefficient (Wildman–Crippen LogP) is 3.81. The first kappa shape index (κ1) is 20.2. The van der Waals surface area contributed by atoms with E-state index in [1.54, 1.807) is 20.1 Å². The Morgan fingerprint density at radius 3 is 2.83 bits per heavy atom. The molecule has 1 aliphatic heterocycles. The Bertz CT molecular complexity index is 1070. The Labute approximate surface area is 174 Å². The van der Waals surface area contributed by atoms with Gasteiger partial charge >= 0.3 is 5.97 Å². The molecule has 158 valence electrons. The molecular weight excluding hydrogens is 384 g/mol. The van der Waals surface area contributed by atoms with E-state index in [-0.39, 0.29) is 24.3 Å². The molecule has 1 saturated heterocycles. The Kier molecular flexibility index (Phi) is 5.90. The van der Waals surface area contributed by atoms with Crippen LogP contribution in [0.2, 0.25) is 0 Å². The fraction of sp³-hybridized carbons (Fsp3) is 0.391. The highest BCUT2D eigenvalue weighted by molar-refractivity contribution is 6.07. The number of para-hydroxylation sites is 1. The number of carbonyl (C=O) groups is 2. The highest BCUT2D eigenvalue weighted by Crippen LogP contribution is 2.36. The molecule has 0 spiro atoms. The summed E-state index contributed by atoms with van der Waals surface area (Å²) in [4.78, 5) is 26.7. The lowest BCUT2D eigenvalue weighted by Crippen LogP contribution is -2.43. The second-order valence-corrected chi connectivity index (χ2v) is 7.52. The summed E-state index contributed by atoms with van der Waals surface area (Å²) in [7, 11) is 1.58. The van der Waals surface area contributed by atoms with Crippen LogP contribution in [0.1, 0.15) is 19.8 Å². The third-order valence-corrected chi connectivity index (χ3v) is 5.47. The number of furan rings is 1. The predicted molar refractivity (Wildman–Crippen MR) is 115 cm³/mol. The Morgan fingerprint density at radius 2 is 2.03 bits per heavy atom. The molecule has 1 N–H and O–H groups in total. The van der Waals surface area contributed by atoms with Crippen molar-refractivity contribution >= 4 is 39.5 Å². The number of methoxy groups -OCH3 is 1. The van der Waals surface area contributed by atoms with Crippen molar-refractivity contribution in [2.75, 3.05) is 38.7 Å². The molecule has 7 heteroatoms. The summed E-state index contributed by atoms with van der Waals surface area (Å²) in [6, 6.07) is 11.5. The summed E-state index contributed by atoms with van der Waals surface area (Å²) < 4.78 is 16.6. The number of piperidine rings is 1. The van der Waals surface area contributed by atoms with Gasteiger partial charge in [-0.05, 0) is 38.4 Å². The smallest absolute Gasteiger partial charge is 0.310 e. The molecular formula is C23H26N2O5. The van der Waals surface area contributed by atoms with Crippen LogP contribution in [-0.2, 0) is 14.3 Å². The summed E-state index contributed by atoms with van der Waals surface area (Å²) >= 11 is 0. The number of carbonyl (C=O) groups excluding carboxylic acids is 2. The molecule has 1 aliphatic rings. The van der Waals surface area contributed by atoms with Gasteiger partial charge in [-0.2, -0.15) is 0 Å². The van der Waals surface area contributed by atoms with E-state index >= 15 is 0 Å². The Hall–Kier alpha value is -3.06. The second-order valence-electron chi connectivity index (χ2n) is 7.52. The van der Waals surface area contributed by atoms with Gasteiger partial charge in [0, 0.05) is 23.4 Å². The van der Waals surface area contributed by atoms with E-state index in [9.17, 15) is 9.59 Å². The maximum atomic E-state index is 12.7. The van der Waals surface area contributed by atoms with Crippen LogP contribution in [0.3, 0.4) is 0 Å². The zero-order valence-electron chi connectivity index (χ0n) is 17.3. The molecule has 2 aromatic carbocycles. The van der Waals surface area contributed by atoms with Gasteiger partial charge in [-0.3, -0.25) is 14.5 Å². The molecule has 7 nitrogen and oxygen atoms in total. The molecule has 4 rings (SSSR count). The molecule has 3 aromatic rings. The van der Waals surface area contributed by atoms with E-state index in [1.807, 2.05) is 35.2 Å². The molecule has 0 aliphatic carbocycles. The SMILES string of the molecule is CCOC(=O)[C@H]1CCCN(CC(=O)Nc2cc3oc4ccccc4c3cc2OC)C1. The summed E-state index contributed by atoms with van der Waals surface area (Å²) in [5, 5.41) is 4.87. The third kappa shape index (κ3) is 4.11. The third-order valence-electron chi connectivity index (χ3n) is 5.47. The van der Waals surface area contributed by atoms with Crippen molar-refractivity contribution in [3.8, 4) is 5.75 Å². The summed E-state index contributed by atoms with van der Waals surface area (Å²) in [5.74, 6) is 0.0614. The summed E-state index contributed by atoms with van der Waals surface area (Å²) in [6.45, 7) is 3.70. The van der Waals surface area contributed by atoms with E-state index in [0.29, 0.717) is 30.2 Å². The first-order chi connectivity index (χ1) is 14.6. The molecule has 1 aromatic heterocycles. The van der Waals surface area contributed by atoms with Crippen molar-refractivity contribution in [3.05, 3.63) is 36.4 Å². The van der Waals surface area contributed by atoms with Crippen LogP contribution >= 0.6 is 0 Å². The zero-order valence-corrected chi connectivity index (χ0v) is 17.3. The van der Waals surface area contributed by atoms with Crippen LogP contribution in [0, 0.1) is 5.92 Å². The van der Waals surface area contributed by atoms with Crippen LogP contribution in [0.25, 0.3) is 21.9 Å². The van der Waals surface area contributed by atoms with Gasteiger partial charge in [-0.25, -0.2) is 0 Å². The fourth-order valence-electron chi connectivity index (χ4n) is 4.06. The molecule has 0 bridgehead atoms. The van der Waals surface area contributed by atoms with Crippen LogP contribution in [0.4, 0.5) is 5.69 Å². The lowest BCUT2D eigenvalue weighted by molar-refractivity contribution is -0.150. The molecule has 0 saturated carbocycles. The van der Waals surface area contributed by atoms with Crippen molar-refractivity contribution in [2.45, 2.75) is 19.8 Å². The minimum atomic E-state index is -0.181. The highest BCUT2D eigenvalue weighted by atomic mass is 16.5. The average Bonchev–Trinajstić information content (AvgIpc) is 3.10. The molecule has 1 atom stereocenters. The van der Waals surface area contributed by atoms with Crippen molar-refractivity contribution in [1.82, 2.24) is 4.90 Å². The van der Waals surface area contributed by atoms with Crippen LogP contribution in [-0.4, -0.2) is 50.1 Å². The van der Waals surface area contributed by atoms with Crippen molar-refractivity contribution < 1.29 is 23.5 Å². The van der Waals surface area contributed by atoms with Crippen molar-refractivity contribution in [2.24, 2.45) is 5.92 Å².